The summed E-state index contributed by atoms with van der Waals surface area (Å²) in [6.45, 7) is 7.83. The average molecular weight is 238 g/mol. The van der Waals surface area contributed by atoms with Gasteiger partial charge in [-0.1, -0.05) is 0 Å². The maximum atomic E-state index is 6.04. The van der Waals surface area contributed by atoms with Gasteiger partial charge in [-0.2, -0.15) is 5.10 Å². The van der Waals surface area contributed by atoms with Crippen LogP contribution in [0.2, 0.25) is 0 Å². The largest absolute Gasteiger partial charge is 0.394 e. The molecule has 96 valence electrons. The highest BCUT2D eigenvalue weighted by molar-refractivity contribution is 5.65. The Balaban J connectivity index is 2.11. The Morgan fingerprint density at radius 3 is 3.00 bits per heavy atom. The first-order valence-electron chi connectivity index (χ1n) is 6.34. The van der Waals surface area contributed by atoms with Crippen LogP contribution in [0.25, 0.3) is 0 Å². The van der Waals surface area contributed by atoms with Gasteiger partial charge >= 0.3 is 0 Å². The van der Waals surface area contributed by atoms with Crippen LogP contribution in [0.15, 0.2) is 0 Å². The third-order valence-corrected chi connectivity index (χ3v) is 3.36. The summed E-state index contributed by atoms with van der Waals surface area (Å²) in [5.41, 5.74) is 7.67. The van der Waals surface area contributed by atoms with Crippen LogP contribution in [0.5, 0.6) is 0 Å². The van der Waals surface area contributed by atoms with Crippen molar-refractivity contribution in [3.8, 4) is 0 Å². The van der Waals surface area contributed by atoms with E-state index in [-0.39, 0.29) is 12.1 Å². The zero-order valence-electron chi connectivity index (χ0n) is 10.9. The topological polar surface area (TPSA) is 65.1 Å². The van der Waals surface area contributed by atoms with Gasteiger partial charge in [-0.15, -0.1) is 0 Å². The molecule has 3 N–H and O–H groups in total. The van der Waals surface area contributed by atoms with E-state index in [0.29, 0.717) is 0 Å². The second-order valence-electron chi connectivity index (χ2n) is 4.65. The Kier molecular flexibility index (Phi) is 3.57. The van der Waals surface area contributed by atoms with E-state index in [4.69, 9.17) is 10.5 Å². The summed E-state index contributed by atoms with van der Waals surface area (Å²) in [6.07, 6.45) is 2.56. The lowest BCUT2D eigenvalue weighted by molar-refractivity contribution is 0.0994. The van der Waals surface area contributed by atoms with Crippen molar-refractivity contribution in [2.75, 3.05) is 17.7 Å². The van der Waals surface area contributed by atoms with Gasteiger partial charge in [0.25, 0.3) is 0 Å². The molecule has 2 heterocycles. The van der Waals surface area contributed by atoms with Crippen LogP contribution in [-0.2, 0) is 11.3 Å². The number of anilines is 2. The van der Waals surface area contributed by atoms with Crippen molar-refractivity contribution in [3.05, 3.63) is 5.69 Å². The second-order valence-corrected chi connectivity index (χ2v) is 4.65. The smallest absolute Gasteiger partial charge is 0.148 e. The normalized spacial score (nSPS) is 21.7. The molecule has 2 atom stereocenters. The average Bonchev–Trinajstić information content (AvgIpc) is 2.92. The Morgan fingerprint density at radius 2 is 2.41 bits per heavy atom. The fourth-order valence-corrected chi connectivity index (χ4v) is 2.28. The quantitative estimate of drug-likeness (QED) is 0.839. The number of nitrogen functional groups attached to an aromatic ring is 1. The van der Waals surface area contributed by atoms with Gasteiger partial charge in [0.05, 0.1) is 23.5 Å². The SMILES string of the molecule is CCn1nc(C)c(N)c1NC(C)C1CCCO1. The van der Waals surface area contributed by atoms with E-state index < -0.39 is 0 Å². The van der Waals surface area contributed by atoms with Crippen LogP contribution < -0.4 is 11.1 Å². The fourth-order valence-electron chi connectivity index (χ4n) is 2.28. The molecule has 1 aliphatic rings. The molecule has 0 saturated carbocycles. The summed E-state index contributed by atoms with van der Waals surface area (Å²) in [4.78, 5) is 0. The first-order chi connectivity index (χ1) is 8.13. The summed E-state index contributed by atoms with van der Waals surface area (Å²) in [6, 6.07) is 0.265. The minimum absolute atomic E-state index is 0.265. The van der Waals surface area contributed by atoms with Gasteiger partial charge in [0.2, 0.25) is 0 Å². The number of hydrogen-bond donors (Lipinski definition) is 2. The molecule has 0 bridgehead atoms. The third kappa shape index (κ3) is 2.39. The molecule has 17 heavy (non-hydrogen) atoms. The molecule has 1 aromatic heterocycles. The van der Waals surface area contributed by atoms with Gasteiger partial charge in [-0.05, 0) is 33.6 Å². The molecule has 1 aliphatic heterocycles. The van der Waals surface area contributed by atoms with E-state index in [0.717, 1.165) is 43.2 Å². The van der Waals surface area contributed by atoms with Crippen molar-refractivity contribution in [1.82, 2.24) is 9.78 Å². The van der Waals surface area contributed by atoms with E-state index in [1.165, 1.54) is 0 Å². The fraction of sp³-hybridized carbons (Fsp3) is 0.750. The van der Waals surface area contributed by atoms with E-state index in [2.05, 4.69) is 24.3 Å². The van der Waals surface area contributed by atoms with Crippen molar-refractivity contribution in [2.45, 2.75) is 52.3 Å². The van der Waals surface area contributed by atoms with E-state index in [1.807, 2.05) is 11.6 Å². The van der Waals surface area contributed by atoms with Gasteiger partial charge in [-0.3, -0.25) is 0 Å². The summed E-state index contributed by atoms with van der Waals surface area (Å²) in [7, 11) is 0. The van der Waals surface area contributed by atoms with Gasteiger partial charge in [0, 0.05) is 13.2 Å². The minimum Gasteiger partial charge on any atom is -0.394 e. The summed E-state index contributed by atoms with van der Waals surface area (Å²) < 4.78 is 7.59. The number of hydrogen-bond acceptors (Lipinski definition) is 4. The zero-order chi connectivity index (χ0) is 12.4. The number of nitrogens with one attached hydrogen (secondary N) is 1. The number of nitrogens with two attached hydrogens (primary N) is 1. The lowest BCUT2D eigenvalue weighted by Gasteiger charge is -2.21. The molecule has 0 radical (unpaired) electrons. The Labute approximate surface area is 102 Å². The minimum atomic E-state index is 0.265. The maximum Gasteiger partial charge on any atom is 0.148 e. The molecule has 0 spiro atoms. The van der Waals surface area contributed by atoms with Crippen LogP contribution in [-0.4, -0.2) is 28.5 Å². The Hall–Kier alpha value is -1.23. The predicted molar refractivity (Wildman–Crippen MR) is 69.1 cm³/mol. The van der Waals surface area contributed by atoms with Crippen molar-refractivity contribution >= 4 is 11.5 Å². The molecule has 0 aromatic carbocycles. The van der Waals surface area contributed by atoms with Crippen molar-refractivity contribution in [3.63, 3.8) is 0 Å². The number of aryl methyl sites for hydroxylation is 2. The first-order valence-corrected chi connectivity index (χ1v) is 6.34. The molecule has 0 amide bonds. The molecule has 1 fully saturated rings. The van der Waals surface area contributed by atoms with E-state index in [1.54, 1.807) is 0 Å². The van der Waals surface area contributed by atoms with Crippen LogP contribution in [0.4, 0.5) is 11.5 Å². The number of nitrogens with zero attached hydrogens (tertiary/aromatic N) is 2. The van der Waals surface area contributed by atoms with E-state index in [9.17, 15) is 0 Å². The first kappa shape index (κ1) is 12.2. The molecule has 1 aromatic rings. The molecule has 0 aliphatic carbocycles. The van der Waals surface area contributed by atoms with Crippen LogP contribution in [0.3, 0.4) is 0 Å². The maximum absolute atomic E-state index is 6.04. The second kappa shape index (κ2) is 4.96. The van der Waals surface area contributed by atoms with Crippen molar-refractivity contribution in [2.24, 2.45) is 0 Å². The van der Waals surface area contributed by atoms with Crippen LogP contribution >= 0.6 is 0 Å². The molecule has 2 rings (SSSR count). The van der Waals surface area contributed by atoms with Crippen molar-refractivity contribution in [1.29, 1.82) is 0 Å². The molecule has 1 saturated heterocycles. The zero-order valence-corrected chi connectivity index (χ0v) is 10.9. The lowest BCUT2D eigenvalue weighted by Crippen LogP contribution is -2.31. The summed E-state index contributed by atoms with van der Waals surface area (Å²) in [5.74, 6) is 0.924. The van der Waals surface area contributed by atoms with Crippen LogP contribution in [0, 0.1) is 6.92 Å². The highest BCUT2D eigenvalue weighted by Crippen LogP contribution is 2.25. The van der Waals surface area contributed by atoms with Gasteiger partial charge in [0.1, 0.15) is 5.82 Å². The summed E-state index contributed by atoms with van der Waals surface area (Å²) >= 11 is 0. The molecular formula is C12H22N4O. The highest BCUT2D eigenvalue weighted by Gasteiger charge is 2.24. The standard InChI is InChI=1S/C12H22N4O/c1-4-16-12(11(13)9(3)15-16)14-8(2)10-6-5-7-17-10/h8,10,14H,4-7,13H2,1-3H3. The monoisotopic (exact) mass is 238 g/mol. The lowest BCUT2D eigenvalue weighted by atomic mass is 10.1. The van der Waals surface area contributed by atoms with Crippen LogP contribution in [0.1, 0.15) is 32.4 Å². The van der Waals surface area contributed by atoms with Gasteiger partial charge in [-0.25, -0.2) is 4.68 Å². The molecule has 2 unspecified atom stereocenters. The predicted octanol–water partition coefficient (Wildman–Crippen LogP) is 1.77. The third-order valence-electron chi connectivity index (χ3n) is 3.36. The highest BCUT2D eigenvalue weighted by atomic mass is 16.5. The Morgan fingerprint density at radius 1 is 1.65 bits per heavy atom. The molecular weight excluding hydrogens is 216 g/mol. The number of ether oxygens (including phenoxy) is 1. The molecule has 5 nitrogen and oxygen atoms in total. The number of rotatable bonds is 4. The van der Waals surface area contributed by atoms with E-state index >= 15 is 0 Å². The van der Waals surface area contributed by atoms with Gasteiger partial charge in [0.15, 0.2) is 0 Å². The summed E-state index contributed by atoms with van der Waals surface area (Å²) in [5, 5.41) is 7.84. The van der Waals surface area contributed by atoms with Gasteiger partial charge < -0.3 is 15.8 Å². The molecule has 5 heteroatoms. The van der Waals surface area contributed by atoms with Crippen molar-refractivity contribution < 1.29 is 4.74 Å². The Bertz CT molecular complexity index is 382. The number of aromatic nitrogens is 2.